The van der Waals surface area contributed by atoms with E-state index in [0.717, 1.165) is 16.9 Å². The Labute approximate surface area is 125 Å². The van der Waals surface area contributed by atoms with Gasteiger partial charge in [0.25, 0.3) is 6.47 Å². The van der Waals surface area contributed by atoms with Gasteiger partial charge in [0.05, 0.1) is 0 Å². The van der Waals surface area contributed by atoms with Gasteiger partial charge in [-0.3, -0.25) is 4.79 Å². The Hall–Kier alpha value is -2.09. The van der Waals surface area contributed by atoms with E-state index in [1.54, 1.807) is 0 Å². The van der Waals surface area contributed by atoms with Crippen LogP contribution in [0.4, 0.5) is 0 Å². The minimum Gasteiger partial charge on any atom is -0.428 e. The molecule has 0 atom stereocenters. The maximum Gasteiger partial charge on any atom is 0.298 e. The lowest BCUT2D eigenvalue weighted by atomic mass is 9.82. The van der Waals surface area contributed by atoms with Crippen molar-refractivity contribution in [3.63, 3.8) is 0 Å². The van der Waals surface area contributed by atoms with Crippen LogP contribution in [0.25, 0.3) is 11.1 Å². The van der Waals surface area contributed by atoms with E-state index in [0.29, 0.717) is 12.4 Å². The lowest BCUT2D eigenvalue weighted by molar-refractivity contribution is -0.120. The summed E-state index contributed by atoms with van der Waals surface area (Å²) in [6.07, 6.45) is 6.22. The van der Waals surface area contributed by atoms with Crippen LogP contribution in [0.1, 0.15) is 43.6 Å². The van der Waals surface area contributed by atoms with Crippen LogP contribution in [0, 0.1) is 0 Å². The molecule has 0 N–H and O–H groups in total. The van der Waals surface area contributed by atoms with E-state index in [9.17, 15) is 4.79 Å². The van der Waals surface area contributed by atoms with Crippen LogP contribution in [-0.2, 0) is 4.79 Å². The Morgan fingerprint density at radius 2 is 1.67 bits per heavy atom. The first-order chi connectivity index (χ1) is 10.4. The van der Waals surface area contributed by atoms with E-state index < -0.39 is 0 Å². The Kier molecular flexibility index (Phi) is 4.34. The van der Waals surface area contributed by atoms with E-state index in [1.807, 2.05) is 24.3 Å². The zero-order valence-corrected chi connectivity index (χ0v) is 12.1. The first-order valence-corrected chi connectivity index (χ1v) is 7.69. The minimum atomic E-state index is 0.511. The predicted molar refractivity (Wildman–Crippen MR) is 84.4 cm³/mol. The molecule has 0 bridgehead atoms. The lowest BCUT2D eigenvalue weighted by Crippen LogP contribution is -2.07. The van der Waals surface area contributed by atoms with Gasteiger partial charge >= 0.3 is 0 Å². The predicted octanol–water partition coefficient (Wildman–Crippen LogP) is 4.94. The molecule has 2 nitrogen and oxygen atoms in total. The van der Waals surface area contributed by atoms with Gasteiger partial charge in [0.2, 0.25) is 0 Å². The molecular weight excluding hydrogens is 260 g/mol. The topological polar surface area (TPSA) is 26.3 Å². The molecule has 2 aromatic rings. The van der Waals surface area contributed by atoms with Crippen LogP contribution in [0.15, 0.2) is 48.5 Å². The largest absolute Gasteiger partial charge is 0.428 e. The van der Waals surface area contributed by atoms with Gasteiger partial charge in [-0.05, 0) is 29.9 Å². The molecule has 0 saturated heterocycles. The average molecular weight is 280 g/mol. The van der Waals surface area contributed by atoms with Crippen molar-refractivity contribution in [2.24, 2.45) is 0 Å². The summed E-state index contributed by atoms with van der Waals surface area (Å²) >= 11 is 0. The fourth-order valence-electron chi connectivity index (χ4n) is 3.31. The number of hydrogen-bond acceptors (Lipinski definition) is 2. The molecule has 0 heterocycles. The van der Waals surface area contributed by atoms with Crippen LogP contribution in [0.3, 0.4) is 0 Å². The molecule has 1 aliphatic rings. The molecule has 0 aromatic heterocycles. The zero-order chi connectivity index (χ0) is 14.5. The molecule has 2 aromatic carbocycles. The molecule has 1 fully saturated rings. The Bertz CT molecular complexity index is 598. The second-order valence-electron chi connectivity index (χ2n) is 5.64. The summed E-state index contributed by atoms with van der Waals surface area (Å²) in [5.74, 6) is 1.25. The Morgan fingerprint density at radius 1 is 0.905 bits per heavy atom. The van der Waals surface area contributed by atoms with E-state index in [4.69, 9.17) is 4.74 Å². The first kappa shape index (κ1) is 13.9. The third-order valence-corrected chi connectivity index (χ3v) is 4.34. The van der Waals surface area contributed by atoms with Crippen LogP contribution < -0.4 is 4.74 Å². The molecule has 3 rings (SSSR count). The van der Waals surface area contributed by atoms with Crippen molar-refractivity contribution in [2.75, 3.05) is 0 Å². The summed E-state index contributed by atoms with van der Waals surface area (Å²) in [4.78, 5) is 11.0. The molecular formula is C19H20O2. The number of carbonyl (C=O) groups is 1. The van der Waals surface area contributed by atoms with Gasteiger partial charge in [0, 0.05) is 5.56 Å². The summed E-state index contributed by atoms with van der Waals surface area (Å²) in [7, 11) is 0. The van der Waals surface area contributed by atoms with Crippen molar-refractivity contribution in [3.05, 3.63) is 54.1 Å². The van der Waals surface area contributed by atoms with E-state index >= 15 is 0 Å². The number of ether oxygens (including phenoxy) is 1. The average Bonchev–Trinajstić information content (AvgIpc) is 2.57. The maximum atomic E-state index is 11.0. The molecule has 0 spiro atoms. The van der Waals surface area contributed by atoms with Crippen molar-refractivity contribution in [1.29, 1.82) is 0 Å². The van der Waals surface area contributed by atoms with Crippen molar-refractivity contribution in [2.45, 2.75) is 38.0 Å². The molecule has 21 heavy (non-hydrogen) atoms. The van der Waals surface area contributed by atoms with Crippen molar-refractivity contribution >= 4 is 6.47 Å². The molecule has 0 aliphatic heterocycles. The Morgan fingerprint density at radius 3 is 2.38 bits per heavy atom. The molecule has 2 heteroatoms. The number of hydrogen-bond donors (Lipinski definition) is 0. The molecule has 0 unspecified atom stereocenters. The van der Waals surface area contributed by atoms with Crippen molar-refractivity contribution < 1.29 is 9.53 Å². The third-order valence-electron chi connectivity index (χ3n) is 4.34. The summed E-state index contributed by atoms with van der Waals surface area (Å²) in [6.45, 7) is 0.550. The van der Waals surface area contributed by atoms with Gasteiger partial charge < -0.3 is 4.74 Å². The summed E-state index contributed by atoms with van der Waals surface area (Å²) < 4.78 is 5.40. The number of benzene rings is 2. The Balaban J connectivity index is 2.06. The number of carbonyl (C=O) groups excluding carboxylic acids is 1. The highest BCUT2D eigenvalue weighted by Crippen LogP contribution is 2.42. The zero-order valence-electron chi connectivity index (χ0n) is 12.1. The normalized spacial score (nSPS) is 15.6. The number of rotatable bonds is 4. The van der Waals surface area contributed by atoms with Crippen LogP contribution in [-0.4, -0.2) is 6.47 Å². The van der Waals surface area contributed by atoms with Gasteiger partial charge in [-0.2, -0.15) is 0 Å². The molecule has 108 valence electrons. The van der Waals surface area contributed by atoms with Crippen LogP contribution in [0.5, 0.6) is 5.75 Å². The smallest absolute Gasteiger partial charge is 0.298 e. The molecule has 0 radical (unpaired) electrons. The fraction of sp³-hybridized carbons (Fsp3) is 0.316. The second kappa shape index (κ2) is 6.57. The highest BCUT2D eigenvalue weighted by atomic mass is 16.5. The maximum absolute atomic E-state index is 11.0. The van der Waals surface area contributed by atoms with Gasteiger partial charge in [-0.1, -0.05) is 67.8 Å². The second-order valence-corrected chi connectivity index (χ2v) is 5.64. The van der Waals surface area contributed by atoms with Gasteiger partial charge in [-0.25, -0.2) is 0 Å². The van der Waals surface area contributed by atoms with E-state index in [2.05, 4.69) is 24.3 Å². The lowest BCUT2D eigenvalue weighted by Gasteiger charge is -2.24. The first-order valence-electron chi connectivity index (χ1n) is 7.69. The van der Waals surface area contributed by atoms with Gasteiger partial charge in [0.1, 0.15) is 5.75 Å². The van der Waals surface area contributed by atoms with E-state index in [-0.39, 0.29) is 0 Å². The van der Waals surface area contributed by atoms with Crippen molar-refractivity contribution in [1.82, 2.24) is 0 Å². The molecule has 1 saturated carbocycles. The fourth-order valence-corrected chi connectivity index (χ4v) is 3.31. The standard InChI is InChI=1S/C19H20O2/c20-14-21-19-17(15-8-3-1-4-9-15)12-7-13-18(19)16-10-5-2-6-11-16/h1,3-4,7-9,12-14,16H,2,5-6,10-11H2. The summed E-state index contributed by atoms with van der Waals surface area (Å²) in [6, 6.07) is 16.3. The van der Waals surface area contributed by atoms with Crippen LogP contribution in [0.2, 0.25) is 0 Å². The number of para-hydroxylation sites is 1. The van der Waals surface area contributed by atoms with Gasteiger partial charge in [0.15, 0.2) is 0 Å². The van der Waals surface area contributed by atoms with E-state index in [1.165, 1.54) is 37.7 Å². The summed E-state index contributed by atoms with van der Waals surface area (Å²) in [5, 5.41) is 0. The summed E-state index contributed by atoms with van der Waals surface area (Å²) in [5.41, 5.74) is 3.28. The molecule has 0 amide bonds. The third kappa shape index (κ3) is 2.99. The SMILES string of the molecule is O=COc1c(-c2ccccc2)cccc1C1CCCCC1. The highest BCUT2D eigenvalue weighted by molar-refractivity contribution is 5.74. The monoisotopic (exact) mass is 280 g/mol. The minimum absolute atomic E-state index is 0.511. The molecule has 1 aliphatic carbocycles. The van der Waals surface area contributed by atoms with Crippen molar-refractivity contribution in [3.8, 4) is 16.9 Å². The quantitative estimate of drug-likeness (QED) is 0.742. The van der Waals surface area contributed by atoms with Crippen LogP contribution >= 0.6 is 0 Å². The van der Waals surface area contributed by atoms with Gasteiger partial charge in [-0.15, -0.1) is 0 Å². The highest BCUT2D eigenvalue weighted by Gasteiger charge is 2.21.